The highest BCUT2D eigenvalue weighted by atomic mass is 79.9. The maximum atomic E-state index is 12.2. The van der Waals surface area contributed by atoms with Gasteiger partial charge in [0.1, 0.15) is 4.29 Å². The third-order valence-corrected chi connectivity index (χ3v) is 2.99. The summed E-state index contributed by atoms with van der Waals surface area (Å²) < 4.78 is 10.1. The highest BCUT2D eigenvalue weighted by molar-refractivity contribution is 9.12. The summed E-state index contributed by atoms with van der Waals surface area (Å²) >= 11 is 10.8. The van der Waals surface area contributed by atoms with Gasteiger partial charge in [-0.2, -0.15) is 0 Å². The Balaban J connectivity index is 3.54. The van der Waals surface area contributed by atoms with Crippen LogP contribution in [0.2, 0.25) is 0 Å². The summed E-state index contributed by atoms with van der Waals surface area (Å²) in [7, 11) is 0. The molecule has 0 saturated heterocycles. The Morgan fingerprint density at radius 3 is 2.00 bits per heavy atom. The van der Waals surface area contributed by atoms with E-state index in [1.807, 2.05) is 0 Å². The van der Waals surface area contributed by atoms with Crippen LogP contribution in [0.25, 0.3) is 0 Å². The maximum absolute atomic E-state index is 12.2. The topological polar surface area (TPSA) is 0 Å². The summed E-state index contributed by atoms with van der Waals surface area (Å²) in [5, 5.41) is 0. The summed E-state index contributed by atoms with van der Waals surface area (Å²) in [4.78, 5) is 0. The first-order valence-corrected chi connectivity index (χ1v) is 3.75. The fraction of sp³-hybridized carbons (Fsp3) is 1.00. The Labute approximate surface area is 63.7 Å². The highest BCUT2D eigenvalue weighted by Gasteiger charge is 2.26. The van der Waals surface area contributed by atoms with E-state index in [4.69, 9.17) is 11.6 Å². The van der Waals surface area contributed by atoms with E-state index >= 15 is 0 Å². The normalized spacial score (nSPS) is 23.6. The molecule has 7 heavy (non-hydrogen) atoms. The molecule has 0 aliphatic rings. The Hall–Kier alpha value is 1.18. The second-order valence-corrected chi connectivity index (χ2v) is 4.69. The van der Waals surface area contributed by atoms with Crippen molar-refractivity contribution in [3.8, 4) is 0 Å². The average Bonchev–Trinajstić information content (AvgIpc) is 1.31. The molecule has 4 heteroatoms. The Morgan fingerprint density at radius 1 is 1.86 bits per heavy atom. The third-order valence-electron chi connectivity index (χ3n) is 0.383. The van der Waals surface area contributed by atoms with Crippen molar-refractivity contribution < 1.29 is 4.39 Å². The van der Waals surface area contributed by atoms with Gasteiger partial charge < -0.3 is 0 Å². The van der Waals surface area contributed by atoms with Crippen LogP contribution >= 0.6 is 43.5 Å². The number of alkyl halides is 4. The fourth-order valence-electron chi connectivity index (χ4n) is 0. The van der Waals surface area contributed by atoms with Crippen molar-refractivity contribution >= 4 is 43.5 Å². The van der Waals surface area contributed by atoms with Crippen LogP contribution in [0.4, 0.5) is 4.39 Å². The molecule has 2 atom stereocenters. The summed E-state index contributed by atoms with van der Waals surface area (Å²) in [6.45, 7) is 1.33. The van der Waals surface area contributed by atoms with E-state index in [1.54, 1.807) is 0 Å². The average molecular weight is 254 g/mol. The molecule has 0 aliphatic carbocycles. The predicted molar refractivity (Wildman–Crippen MR) is 37.0 cm³/mol. The predicted octanol–water partition coefficient (Wildman–Crippen LogP) is 3.03. The Kier molecular flexibility index (Phi) is 3.09. The van der Waals surface area contributed by atoms with E-state index in [9.17, 15) is 4.39 Å². The minimum Gasteiger partial charge on any atom is -0.229 e. The second kappa shape index (κ2) is 2.65. The molecule has 44 valence electrons. The summed E-state index contributed by atoms with van der Waals surface area (Å²) in [5.74, 6) is 0. The molecule has 0 aromatic heterocycles. The van der Waals surface area contributed by atoms with Crippen molar-refractivity contribution in [2.24, 2.45) is 0 Å². The van der Waals surface area contributed by atoms with Crippen molar-refractivity contribution in [2.45, 2.75) is 15.8 Å². The lowest BCUT2D eigenvalue weighted by atomic mass is 10.5. The zero-order valence-electron chi connectivity index (χ0n) is 3.59. The monoisotopic (exact) mass is 252 g/mol. The molecular weight excluding hydrogens is 250 g/mol. The van der Waals surface area contributed by atoms with Gasteiger partial charge in [-0.1, -0.05) is 15.9 Å². The van der Waals surface area contributed by atoms with Crippen LogP contribution in [-0.4, -0.2) is 8.86 Å². The molecule has 0 N–H and O–H groups in total. The number of halogens is 4. The van der Waals surface area contributed by atoms with E-state index in [0.29, 0.717) is 0 Å². The molecular formula is C3H4Br2ClF. The van der Waals surface area contributed by atoms with Crippen LogP contribution in [0, 0.1) is 0 Å². The van der Waals surface area contributed by atoms with Crippen LogP contribution in [0.3, 0.4) is 0 Å². The van der Waals surface area contributed by atoms with E-state index in [1.165, 1.54) is 6.92 Å². The molecule has 0 fully saturated rings. The van der Waals surface area contributed by atoms with Crippen molar-refractivity contribution in [1.82, 2.24) is 0 Å². The van der Waals surface area contributed by atoms with Crippen molar-refractivity contribution in [2.75, 3.05) is 0 Å². The van der Waals surface area contributed by atoms with Gasteiger partial charge in [-0.25, -0.2) is 4.39 Å². The third kappa shape index (κ3) is 3.74. The summed E-state index contributed by atoms with van der Waals surface area (Å²) in [5.41, 5.74) is 0. The molecule has 0 spiro atoms. The van der Waals surface area contributed by atoms with Crippen LogP contribution in [-0.2, 0) is 0 Å². The lowest BCUT2D eigenvalue weighted by Gasteiger charge is -2.11. The number of rotatable bonds is 1. The molecule has 0 aromatic rings. The smallest absolute Gasteiger partial charge is 0.188 e. The van der Waals surface area contributed by atoms with Gasteiger partial charge in [0.15, 0.2) is 4.58 Å². The van der Waals surface area contributed by atoms with Gasteiger partial charge in [-0.15, -0.1) is 11.6 Å². The fourth-order valence-corrected chi connectivity index (χ4v) is 0. The number of hydrogen-bond donors (Lipinski definition) is 0. The van der Waals surface area contributed by atoms with Gasteiger partial charge in [-0.3, -0.25) is 0 Å². The number of hydrogen-bond acceptors (Lipinski definition) is 0. The van der Waals surface area contributed by atoms with Crippen LogP contribution < -0.4 is 0 Å². The van der Waals surface area contributed by atoms with E-state index in [0.717, 1.165) is 0 Å². The van der Waals surface area contributed by atoms with E-state index < -0.39 is 8.86 Å². The quantitative estimate of drug-likeness (QED) is 0.631. The van der Waals surface area contributed by atoms with Crippen LogP contribution in [0.1, 0.15) is 6.92 Å². The molecule has 0 aliphatic heterocycles. The second-order valence-electron chi connectivity index (χ2n) is 1.26. The van der Waals surface area contributed by atoms with Crippen LogP contribution in [0.5, 0.6) is 0 Å². The Bertz CT molecular complexity index is 58.4. The lowest BCUT2D eigenvalue weighted by molar-refractivity contribution is 0.351. The molecule has 0 radical (unpaired) electrons. The van der Waals surface area contributed by atoms with Gasteiger partial charge in [0, 0.05) is 0 Å². The molecule has 0 rings (SSSR count). The molecule has 0 nitrogen and oxygen atoms in total. The molecule has 0 heterocycles. The first kappa shape index (κ1) is 8.18. The standard InChI is InChI=1S/C3H4Br2ClF/c1-3(5,7)2(4)6/h2H,1H3/t2-,3+/m1/s1. The zero-order valence-corrected chi connectivity index (χ0v) is 7.52. The first-order valence-electron chi connectivity index (χ1n) is 1.60. The molecule has 0 aromatic carbocycles. The van der Waals surface area contributed by atoms with Gasteiger partial charge in [-0.05, 0) is 22.9 Å². The summed E-state index contributed by atoms with van der Waals surface area (Å²) in [6.07, 6.45) is 0. The minimum absolute atomic E-state index is 0.667. The summed E-state index contributed by atoms with van der Waals surface area (Å²) in [6, 6.07) is 0. The van der Waals surface area contributed by atoms with Crippen molar-refractivity contribution in [3.63, 3.8) is 0 Å². The minimum atomic E-state index is -1.51. The SMILES string of the molecule is C[C@@](F)(Br)[C@@H](Cl)Br. The van der Waals surface area contributed by atoms with Crippen molar-refractivity contribution in [1.29, 1.82) is 0 Å². The first-order chi connectivity index (χ1) is 2.94. The van der Waals surface area contributed by atoms with Gasteiger partial charge in [0.05, 0.1) is 0 Å². The largest absolute Gasteiger partial charge is 0.229 e. The van der Waals surface area contributed by atoms with Crippen LogP contribution in [0.15, 0.2) is 0 Å². The maximum Gasteiger partial charge on any atom is 0.188 e. The Morgan fingerprint density at radius 2 is 2.00 bits per heavy atom. The van der Waals surface area contributed by atoms with Gasteiger partial charge in [0.25, 0.3) is 0 Å². The highest BCUT2D eigenvalue weighted by Crippen LogP contribution is 2.31. The molecule has 0 amide bonds. The zero-order chi connectivity index (χ0) is 6.08. The van der Waals surface area contributed by atoms with Crippen molar-refractivity contribution in [3.05, 3.63) is 0 Å². The van der Waals surface area contributed by atoms with E-state index in [-0.39, 0.29) is 0 Å². The molecule has 0 unspecified atom stereocenters. The molecule has 0 bridgehead atoms. The van der Waals surface area contributed by atoms with E-state index in [2.05, 4.69) is 31.9 Å². The lowest BCUT2D eigenvalue weighted by Crippen LogP contribution is -2.15. The molecule has 0 saturated carbocycles. The van der Waals surface area contributed by atoms with Gasteiger partial charge >= 0.3 is 0 Å². The van der Waals surface area contributed by atoms with Gasteiger partial charge in [0.2, 0.25) is 0 Å².